The van der Waals surface area contributed by atoms with Crippen molar-refractivity contribution in [2.24, 2.45) is 0 Å². The third kappa shape index (κ3) is 9.73. The van der Waals surface area contributed by atoms with E-state index in [-0.39, 0.29) is 0 Å². The van der Waals surface area contributed by atoms with Gasteiger partial charge in [-0.25, -0.2) is 4.57 Å². The van der Waals surface area contributed by atoms with Gasteiger partial charge < -0.3 is 0 Å². The minimum absolute atomic E-state index is 0.431. The van der Waals surface area contributed by atoms with Crippen LogP contribution in [0.2, 0.25) is 0 Å². The summed E-state index contributed by atoms with van der Waals surface area (Å²) in [6.07, 6.45) is 0. The second-order valence-electron chi connectivity index (χ2n) is 4.81. The highest BCUT2D eigenvalue weighted by Gasteiger charge is 2.43. The molecule has 0 amide bonds. The van der Waals surface area contributed by atoms with Crippen molar-refractivity contribution in [3.8, 4) is 0 Å². The molecular formula is C12H15Br6O7P. The summed E-state index contributed by atoms with van der Waals surface area (Å²) < 4.78 is 23.0. The van der Waals surface area contributed by atoms with Crippen molar-refractivity contribution < 1.29 is 33.3 Å². The van der Waals surface area contributed by atoms with Crippen molar-refractivity contribution in [1.29, 1.82) is 0 Å². The molecule has 0 spiro atoms. The zero-order valence-electron chi connectivity index (χ0n) is 13.7. The molecule has 0 rings (SSSR count). The average Bonchev–Trinajstić information content (AvgIpc) is 2.49. The fraction of sp³-hybridized carbons (Fsp3) is 0.500. The van der Waals surface area contributed by atoms with E-state index in [0.717, 1.165) is 0 Å². The quantitative estimate of drug-likeness (QED) is 0.0654. The third-order valence-electron chi connectivity index (χ3n) is 2.19. The molecule has 0 aliphatic heterocycles. The zero-order valence-corrected chi connectivity index (χ0v) is 24.1. The molecule has 0 saturated carbocycles. The van der Waals surface area contributed by atoms with Crippen LogP contribution in [0, 0.1) is 0 Å². The van der Waals surface area contributed by atoms with E-state index >= 15 is 0 Å². The lowest BCUT2D eigenvalue weighted by Crippen LogP contribution is -2.22. The Morgan fingerprint density at radius 3 is 1.00 bits per heavy atom. The van der Waals surface area contributed by atoms with Gasteiger partial charge in [0.2, 0.25) is 10.3 Å². The van der Waals surface area contributed by atoms with Crippen molar-refractivity contribution >= 4 is 103 Å². The number of rotatable bonds is 12. The molecule has 0 aliphatic rings. The van der Waals surface area contributed by atoms with Gasteiger partial charge in [-0.1, -0.05) is 19.7 Å². The molecular weight excluding hydrogens is 767 g/mol. The predicted molar refractivity (Wildman–Crippen MR) is 120 cm³/mol. The van der Waals surface area contributed by atoms with Crippen LogP contribution in [0.15, 0.2) is 36.5 Å². The van der Waals surface area contributed by atoms with Gasteiger partial charge in [0, 0.05) is 0 Å². The van der Waals surface area contributed by atoms with Gasteiger partial charge in [-0.3, -0.25) is 0 Å². The lowest BCUT2D eigenvalue weighted by atomic mass is 10.4. The van der Waals surface area contributed by atoms with E-state index in [4.69, 9.17) is 28.7 Å². The van der Waals surface area contributed by atoms with Crippen molar-refractivity contribution in [1.82, 2.24) is 0 Å². The molecule has 0 atom stereocenters. The van der Waals surface area contributed by atoms with Gasteiger partial charge in [-0.15, -0.1) is 14.0 Å². The topological polar surface area (TPSA) is 72.5 Å². The van der Waals surface area contributed by atoms with Crippen LogP contribution in [0.5, 0.6) is 0 Å². The summed E-state index contributed by atoms with van der Waals surface area (Å²) in [7, 11) is -4.60. The van der Waals surface area contributed by atoms with Crippen LogP contribution in [0.1, 0.15) is 20.8 Å². The number of phosphoric acid groups is 1. The first-order valence-corrected chi connectivity index (χ1v) is 12.5. The van der Waals surface area contributed by atoms with E-state index in [1.165, 1.54) is 0 Å². The second kappa shape index (κ2) is 10.9. The molecule has 0 aliphatic carbocycles. The lowest BCUT2D eigenvalue weighted by molar-refractivity contribution is -0.332. The van der Waals surface area contributed by atoms with Crippen LogP contribution in [0.4, 0.5) is 0 Å². The number of hydrogen-bond acceptors (Lipinski definition) is 7. The molecule has 152 valence electrons. The molecule has 0 bridgehead atoms. The first-order valence-electron chi connectivity index (χ1n) is 6.29. The minimum Gasteiger partial charge on any atom is -0.220 e. The van der Waals surface area contributed by atoms with Gasteiger partial charge >= 0.3 is 7.82 Å². The molecule has 0 saturated heterocycles. The van der Waals surface area contributed by atoms with Crippen LogP contribution in [-0.4, -0.2) is 10.3 Å². The normalized spacial score (nSPS) is 13.6. The van der Waals surface area contributed by atoms with Gasteiger partial charge in [-0.2, -0.15) is 14.7 Å². The Balaban J connectivity index is 5.31. The van der Waals surface area contributed by atoms with Gasteiger partial charge in [0.25, 0.3) is 0 Å². The van der Waals surface area contributed by atoms with E-state index in [9.17, 15) is 4.57 Å². The zero-order chi connectivity index (χ0) is 21.0. The molecule has 0 radical (unpaired) electrons. The lowest BCUT2D eigenvalue weighted by Gasteiger charge is -2.26. The molecule has 0 fully saturated rings. The predicted octanol–water partition coefficient (Wildman–Crippen LogP) is 8.00. The maximum Gasteiger partial charge on any atom is 0.557 e. The van der Waals surface area contributed by atoms with Crippen molar-refractivity contribution in [2.45, 2.75) is 31.0 Å². The molecule has 0 unspecified atom stereocenters. The number of hydrogen-bond donors (Lipinski definition) is 0. The minimum atomic E-state index is -4.60. The van der Waals surface area contributed by atoms with Crippen LogP contribution < -0.4 is 0 Å². The van der Waals surface area contributed by atoms with Crippen LogP contribution >= 0.6 is 103 Å². The summed E-state index contributed by atoms with van der Waals surface area (Å²) >= 11 is 18.7. The number of alkyl halides is 6. The Hall–Kier alpha value is 2.09. The summed E-state index contributed by atoms with van der Waals surface area (Å²) in [6.45, 7) is 15.8. The van der Waals surface area contributed by atoms with Crippen molar-refractivity contribution in [3.63, 3.8) is 0 Å². The summed E-state index contributed by atoms with van der Waals surface area (Å²) in [4.78, 5) is 14.9. The highest BCUT2D eigenvalue weighted by atomic mass is 79.9. The van der Waals surface area contributed by atoms with Gasteiger partial charge in [0.05, 0.1) is 0 Å². The monoisotopic (exact) mass is 776 g/mol. The van der Waals surface area contributed by atoms with E-state index < -0.39 is 18.1 Å². The number of halogens is 6. The highest BCUT2D eigenvalue weighted by molar-refractivity contribution is 9.26. The SMILES string of the molecule is C=C(C)C(Br)(Br)OOP(=O)(OOC(Br)(Br)C(=C)C)OOC(Br)(Br)C(=C)C. The molecule has 14 heteroatoms. The molecule has 0 heterocycles. The molecule has 7 nitrogen and oxygen atoms in total. The Labute approximate surface area is 202 Å². The molecule has 0 aromatic carbocycles. The molecule has 0 aromatic rings. The maximum absolute atomic E-state index is 12.8. The first kappa shape index (κ1) is 28.1. The fourth-order valence-electron chi connectivity index (χ4n) is 0.528. The summed E-state index contributed by atoms with van der Waals surface area (Å²) in [5.41, 5.74) is 1.29. The Bertz CT molecular complexity index is 526. The van der Waals surface area contributed by atoms with Crippen LogP contribution in [0.25, 0.3) is 0 Å². The highest BCUT2D eigenvalue weighted by Crippen LogP contribution is 2.56. The maximum atomic E-state index is 12.8. The molecule has 0 N–H and O–H groups in total. The van der Waals surface area contributed by atoms with Crippen LogP contribution in [0.3, 0.4) is 0 Å². The van der Waals surface area contributed by atoms with E-state index in [1.807, 2.05) is 0 Å². The Kier molecular flexibility index (Phi) is 11.8. The standard InChI is InChI=1S/C12H15Br6O7P/c1-7(2)10(13,14)20-23-26(19,24-21-11(15,16)8(3)4)25-22-12(17,18)9(5)6/h1,3,5H2,2,4,6H3. The van der Waals surface area contributed by atoms with E-state index in [2.05, 4.69) is 115 Å². The summed E-state index contributed by atoms with van der Waals surface area (Å²) in [5, 5.41) is 0. The summed E-state index contributed by atoms with van der Waals surface area (Å²) in [6, 6.07) is 0. The van der Waals surface area contributed by atoms with Gasteiger partial charge in [0.1, 0.15) is 0 Å². The van der Waals surface area contributed by atoms with E-state index in [0.29, 0.717) is 16.7 Å². The average molecular weight is 782 g/mol. The van der Waals surface area contributed by atoms with E-state index in [1.54, 1.807) is 20.8 Å². The fourth-order valence-corrected chi connectivity index (χ4v) is 2.22. The van der Waals surface area contributed by atoms with Crippen molar-refractivity contribution in [2.75, 3.05) is 0 Å². The Morgan fingerprint density at radius 1 is 0.654 bits per heavy atom. The Morgan fingerprint density at radius 2 is 0.846 bits per heavy atom. The van der Waals surface area contributed by atoms with Crippen LogP contribution in [-0.2, 0) is 33.3 Å². The third-order valence-corrected chi connectivity index (χ3v) is 7.82. The smallest absolute Gasteiger partial charge is 0.220 e. The largest absolute Gasteiger partial charge is 0.557 e. The van der Waals surface area contributed by atoms with Crippen molar-refractivity contribution in [3.05, 3.63) is 36.5 Å². The molecule has 0 aromatic heterocycles. The second-order valence-corrected chi connectivity index (χ2v) is 16.0. The van der Waals surface area contributed by atoms with Gasteiger partial charge in [-0.05, 0) is 133 Å². The first-order chi connectivity index (χ1) is 11.5. The van der Waals surface area contributed by atoms with Gasteiger partial charge in [0.15, 0.2) is 0 Å². The summed E-state index contributed by atoms with van der Waals surface area (Å²) in [5.74, 6) is 0. The molecule has 26 heavy (non-hydrogen) atoms.